The van der Waals surface area contributed by atoms with Crippen LogP contribution in [0.3, 0.4) is 0 Å². The van der Waals surface area contributed by atoms with Crippen LogP contribution in [-0.4, -0.2) is 21.9 Å². The van der Waals surface area contributed by atoms with Crippen LogP contribution < -0.4 is 5.73 Å². The van der Waals surface area contributed by atoms with Gasteiger partial charge in [-0.1, -0.05) is 30.3 Å². The fourth-order valence-corrected chi connectivity index (χ4v) is 1.80. The van der Waals surface area contributed by atoms with E-state index in [9.17, 15) is 9.59 Å². The van der Waals surface area contributed by atoms with Crippen molar-refractivity contribution in [2.24, 2.45) is 5.73 Å². The second-order valence-corrected chi connectivity index (χ2v) is 3.95. The molecule has 0 aliphatic heterocycles. The summed E-state index contributed by atoms with van der Waals surface area (Å²) in [5.41, 5.74) is 6.26. The number of rotatable bonds is 5. The second kappa shape index (κ2) is 5.27. The van der Waals surface area contributed by atoms with Gasteiger partial charge in [-0.3, -0.25) is 14.7 Å². The molecular formula is C13H13N3O2. The van der Waals surface area contributed by atoms with Crippen molar-refractivity contribution in [2.75, 3.05) is 0 Å². The van der Waals surface area contributed by atoms with Crippen LogP contribution >= 0.6 is 0 Å². The summed E-state index contributed by atoms with van der Waals surface area (Å²) in [6.45, 7) is 0. The lowest BCUT2D eigenvalue weighted by Gasteiger charge is -2.11. The smallest absolute Gasteiger partial charge is 0.218 e. The van der Waals surface area contributed by atoms with Gasteiger partial charge in [-0.25, -0.2) is 0 Å². The van der Waals surface area contributed by atoms with E-state index in [0.29, 0.717) is 11.3 Å². The number of carbonyl (C=O) groups excluding carboxylic acids is 2. The average molecular weight is 243 g/mol. The summed E-state index contributed by atoms with van der Waals surface area (Å²) in [6, 6.07) is 10.5. The standard InChI is InChI=1S/C13H13N3O2/c14-12(17)8-10(11-6-7-15-16-11)13(18)9-4-2-1-3-5-9/h1-7,10H,8H2,(H2,14,17)(H,15,16). The van der Waals surface area contributed by atoms with Crippen molar-refractivity contribution >= 4 is 11.7 Å². The molecule has 0 aliphatic rings. The van der Waals surface area contributed by atoms with Crippen molar-refractivity contribution in [1.29, 1.82) is 0 Å². The van der Waals surface area contributed by atoms with Crippen LogP contribution in [0.25, 0.3) is 0 Å². The number of hydrogen-bond donors (Lipinski definition) is 2. The van der Waals surface area contributed by atoms with E-state index in [0.717, 1.165) is 0 Å². The highest BCUT2D eigenvalue weighted by Crippen LogP contribution is 2.22. The molecule has 1 heterocycles. The molecule has 1 atom stereocenters. The summed E-state index contributed by atoms with van der Waals surface area (Å²) in [7, 11) is 0. The van der Waals surface area contributed by atoms with Crippen LogP contribution in [-0.2, 0) is 4.79 Å². The van der Waals surface area contributed by atoms with Gasteiger partial charge in [-0.05, 0) is 6.07 Å². The fraction of sp³-hybridized carbons (Fsp3) is 0.154. The number of aromatic nitrogens is 2. The number of hydrogen-bond acceptors (Lipinski definition) is 3. The molecular weight excluding hydrogens is 230 g/mol. The molecule has 1 unspecified atom stereocenters. The van der Waals surface area contributed by atoms with Gasteiger partial charge < -0.3 is 5.73 Å². The number of aromatic amines is 1. The lowest BCUT2D eigenvalue weighted by atomic mass is 9.91. The monoisotopic (exact) mass is 243 g/mol. The van der Waals surface area contributed by atoms with Gasteiger partial charge in [-0.15, -0.1) is 0 Å². The van der Waals surface area contributed by atoms with Crippen molar-refractivity contribution in [2.45, 2.75) is 12.3 Å². The van der Waals surface area contributed by atoms with Gasteiger partial charge in [0, 0.05) is 18.2 Å². The molecule has 0 bridgehead atoms. The van der Waals surface area contributed by atoms with Gasteiger partial charge >= 0.3 is 0 Å². The van der Waals surface area contributed by atoms with Gasteiger partial charge in [0.25, 0.3) is 0 Å². The Labute approximate surface area is 104 Å². The topological polar surface area (TPSA) is 88.8 Å². The number of Topliss-reactive ketones (excluding diaryl/α,β-unsaturated/α-hetero) is 1. The molecule has 1 aromatic carbocycles. The molecule has 0 spiro atoms. The van der Waals surface area contributed by atoms with Crippen LogP contribution in [0.5, 0.6) is 0 Å². The van der Waals surface area contributed by atoms with E-state index in [4.69, 9.17) is 5.73 Å². The van der Waals surface area contributed by atoms with Gasteiger partial charge in [0.05, 0.1) is 11.6 Å². The van der Waals surface area contributed by atoms with Crippen molar-refractivity contribution in [1.82, 2.24) is 10.2 Å². The number of H-pyrrole nitrogens is 1. The molecule has 0 saturated heterocycles. The zero-order valence-corrected chi connectivity index (χ0v) is 9.67. The van der Waals surface area contributed by atoms with Crippen LogP contribution in [0, 0.1) is 0 Å². The number of carbonyl (C=O) groups is 2. The lowest BCUT2D eigenvalue weighted by Crippen LogP contribution is -2.21. The number of benzene rings is 1. The maximum absolute atomic E-state index is 12.3. The number of nitrogens with one attached hydrogen (secondary N) is 1. The highest BCUT2D eigenvalue weighted by Gasteiger charge is 2.25. The van der Waals surface area contributed by atoms with Gasteiger partial charge in [0.1, 0.15) is 0 Å². The summed E-state index contributed by atoms with van der Waals surface area (Å²) >= 11 is 0. The first-order valence-electron chi connectivity index (χ1n) is 5.55. The summed E-state index contributed by atoms with van der Waals surface area (Å²) in [6.07, 6.45) is 1.57. The molecule has 5 heteroatoms. The normalized spacial score (nSPS) is 12.0. The SMILES string of the molecule is NC(=O)CC(C(=O)c1ccccc1)c1cc[nH]n1. The Morgan fingerprint density at radius 1 is 1.22 bits per heavy atom. The van der Waals surface area contributed by atoms with Crippen LogP contribution in [0.15, 0.2) is 42.6 Å². The number of nitrogens with two attached hydrogens (primary N) is 1. The predicted molar refractivity (Wildman–Crippen MR) is 65.9 cm³/mol. The van der Waals surface area contributed by atoms with Gasteiger partial charge in [-0.2, -0.15) is 5.10 Å². The first-order chi connectivity index (χ1) is 8.68. The average Bonchev–Trinajstić information content (AvgIpc) is 2.89. The van der Waals surface area contributed by atoms with E-state index < -0.39 is 11.8 Å². The third kappa shape index (κ3) is 2.63. The van der Waals surface area contributed by atoms with Crippen LogP contribution in [0.4, 0.5) is 0 Å². The number of primary amides is 1. The maximum atomic E-state index is 12.3. The predicted octanol–water partition coefficient (Wildman–Crippen LogP) is 1.25. The molecule has 2 rings (SSSR count). The number of nitrogens with zero attached hydrogens (tertiary/aromatic N) is 1. The highest BCUT2D eigenvalue weighted by atomic mass is 16.1. The maximum Gasteiger partial charge on any atom is 0.218 e. The molecule has 1 amide bonds. The quantitative estimate of drug-likeness (QED) is 0.774. The molecule has 5 nitrogen and oxygen atoms in total. The number of ketones is 1. The van der Waals surface area contributed by atoms with E-state index in [2.05, 4.69) is 10.2 Å². The van der Waals surface area contributed by atoms with Crippen molar-refractivity contribution < 1.29 is 9.59 Å². The van der Waals surface area contributed by atoms with E-state index in [-0.39, 0.29) is 12.2 Å². The van der Waals surface area contributed by atoms with Crippen molar-refractivity contribution in [3.8, 4) is 0 Å². The second-order valence-electron chi connectivity index (χ2n) is 3.95. The molecule has 0 fully saturated rings. The first kappa shape index (κ1) is 12.0. The zero-order valence-electron chi connectivity index (χ0n) is 9.67. The highest BCUT2D eigenvalue weighted by molar-refractivity contribution is 6.02. The number of amides is 1. The van der Waals surface area contributed by atoms with Gasteiger partial charge in [0.15, 0.2) is 5.78 Å². The Morgan fingerprint density at radius 3 is 2.50 bits per heavy atom. The molecule has 92 valence electrons. The van der Waals surface area contributed by atoms with E-state index >= 15 is 0 Å². The largest absolute Gasteiger partial charge is 0.370 e. The van der Waals surface area contributed by atoms with E-state index in [1.54, 1.807) is 36.5 Å². The summed E-state index contributed by atoms with van der Waals surface area (Å²) < 4.78 is 0. The molecule has 0 saturated carbocycles. The Balaban J connectivity index is 2.30. The minimum atomic E-state index is -0.629. The molecule has 3 N–H and O–H groups in total. The summed E-state index contributed by atoms with van der Waals surface area (Å²) in [5.74, 6) is -1.30. The molecule has 0 aliphatic carbocycles. The molecule has 18 heavy (non-hydrogen) atoms. The molecule has 1 aromatic heterocycles. The molecule has 0 radical (unpaired) electrons. The first-order valence-corrected chi connectivity index (χ1v) is 5.55. The lowest BCUT2D eigenvalue weighted by molar-refractivity contribution is -0.118. The van der Waals surface area contributed by atoms with E-state index in [1.165, 1.54) is 0 Å². The van der Waals surface area contributed by atoms with Crippen molar-refractivity contribution in [3.63, 3.8) is 0 Å². The third-order valence-corrected chi connectivity index (χ3v) is 2.66. The summed E-state index contributed by atoms with van der Waals surface area (Å²) in [4.78, 5) is 23.4. The Morgan fingerprint density at radius 2 is 1.94 bits per heavy atom. The Kier molecular flexibility index (Phi) is 3.52. The van der Waals surface area contributed by atoms with Crippen LogP contribution in [0.1, 0.15) is 28.4 Å². The van der Waals surface area contributed by atoms with Crippen LogP contribution in [0.2, 0.25) is 0 Å². The minimum Gasteiger partial charge on any atom is -0.370 e. The third-order valence-electron chi connectivity index (χ3n) is 2.66. The zero-order chi connectivity index (χ0) is 13.0. The van der Waals surface area contributed by atoms with Gasteiger partial charge in [0.2, 0.25) is 5.91 Å². The Bertz CT molecular complexity index is 535. The Hall–Kier alpha value is -2.43. The minimum absolute atomic E-state index is 0.0431. The molecule has 2 aromatic rings. The summed E-state index contributed by atoms with van der Waals surface area (Å²) in [5, 5.41) is 6.60. The van der Waals surface area contributed by atoms with Crippen molar-refractivity contribution in [3.05, 3.63) is 53.9 Å². The van der Waals surface area contributed by atoms with E-state index in [1.807, 2.05) is 6.07 Å². The fourth-order valence-electron chi connectivity index (χ4n) is 1.80.